The number of primary amides is 1. The van der Waals surface area contributed by atoms with Crippen molar-refractivity contribution >= 4 is 23.1 Å². The summed E-state index contributed by atoms with van der Waals surface area (Å²) in [5.74, 6) is -0.439. The average molecular weight is 309 g/mol. The maximum absolute atomic E-state index is 11.4. The molecule has 0 aromatic heterocycles. The Balaban J connectivity index is 2.04. The quantitative estimate of drug-likeness (QED) is 0.636. The van der Waals surface area contributed by atoms with E-state index in [1.54, 1.807) is 24.3 Å². The van der Waals surface area contributed by atoms with E-state index in [4.69, 9.17) is 28.4 Å². The number of carbonyl (C=O) groups excluding carboxylic acids is 1. The van der Waals surface area contributed by atoms with Crippen molar-refractivity contribution in [3.05, 3.63) is 35.4 Å². The highest BCUT2D eigenvalue weighted by atomic mass is 32.1. The molecule has 6 nitrogen and oxygen atoms in total. The van der Waals surface area contributed by atoms with Crippen LogP contribution in [0.25, 0.3) is 0 Å². The Morgan fingerprint density at radius 3 is 2.67 bits per heavy atom. The zero-order chi connectivity index (χ0) is 15.4. The Labute approximate surface area is 128 Å². The van der Waals surface area contributed by atoms with Crippen LogP contribution in [0.2, 0.25) is 0 Å². The molecule has 0 bridgehead atoms. The SMILES string of the molecule is NC(=O)C1COCCN1CC(O)c1ccc(C(N)=S)cc1. The summed E-state index contributed by atoms with van der Waals surface area (Å²) in [5.41, 5.74) is 12.4. The number of amides is 1. The molecule has 0 aliphatic carbocycles. The van der Waals surface area contributed by atoms with Crippen molar-refractivity contribution in [1.82, 2.24) is 4.90 Å². The summed E-state index contributed by atoms with van der Waals surface area (Å²) in [6, 6.07) is 6.60. The second kappa shape index (κ2) is 6.95. The molecule has 2 unspecified atom stereocenters. The molecule has 114 valence electrons. The molecule has 1 saturated heterocycles. The second-order valence-electron chi connectivity index (χ2n) is 4.99. The van der Waals surface area contributed by atoms with Crippen molar-refractivity contribution in [3.8, 4) is 0 Å². The van der Waals surface area contributed by atoms with Gasteiger partial charge in [0.15, 0.2) is 0 Å². The van der Waals surface area contributed by atoms with Crippen LogP contribution < -0.4 is 11.5 Å². The number of rotatable bonds is 5. The van der Waals surface area contributed by atoms with E-state index in [1.165, 1.54) is 0 Å². The fraction of sp³-hybridized carbons (Fsp3) is 0.429. The van der Waals surface area contributed by atoms with Gasteiger partial charge in [-0.3, -0.25) is 9.69 Å². The molecule has 1 fully saturated rings. The van der Waals surface area contributed by atoms with Crippen LogP contribution in [0.1, 0.15) is 17.2 Å². The van der Waals surface area contributed by atoms with Crippen molar-refractivity contribution in [2.75, 3.05) is 26.3 Å². The molecule has 0 radical (unpaired) electrons. The lowest BCUT2D eigenvalue weighted by atomic mass is 10.1. The molecule has 5 N–H and O–H groups in total. The molecule has 1 aliphatic heterocycles. The number of ether oxygens (including phenoxy) is 1. The van der Waals surface area contributed by atoms with E-state index in [0.29, 0.717) is 24.7 Å². The van der Waals surface area contributed by atoms with E-state index in [2.05, 4.69) is 0 Å². The second-order valence-corrected chi connectivity index (χ2v) is 5.43. The summed E-state index contributed by atoms with van der Waals surface area (Å²) in [6.07, 6.45) is -0.717. The summed E-state index contributed by atoms with van der Waals surface area (Å²) in [6.45, 7) is 1.68. The van der Waals surface area contributed by atoms with Crippen LogP contribution >= 0.6 is 12.2 Å². The van der Waals surface area contributed by atoms with Gasteiger partial charge in [-0.1, -0.05) is 36.5 Å². The molecular weight excluding hydrogens is 290 g/mol. The Bertz CT molecular complexity index is 521. The van der Waals surface area contributed by atoms with Crippen LogP contribution in [0.5, 0.6) is 0 Å². The molecule has 21 heavy (non-hydrogen) atoms. The number of aliphatic hydroxyl groups excluding tert-OH is 1. The van der Waals surface area contributed by atoms with Crippen molar-refractivity contribution in [3.63, 3.8) is 0 Å². The van der Waals surface area contributed by atoms with Gasteiger partial charge in [-0.15, -0.1) is 0 Å². The predicted octanol–water partition coefficient (Wildman–Crippen LogP) is -0.460. The standard InChI is InChI=1S/C14H19N3O3S/c15-13(19)11-8-20-6-5-17(11)7-12(18)9-1-3-10(4-2-9)14(16)21/h1-4,11-12,18H,5-8H2,(H2,15,19)(H2,16,21). The molecule has 2 atom stereocenters. The summed E-state index contributed by atoms with van der Waals surface area (Å²) in [7, 11) is 0. The van der Waals surface area contributed by atoms with E-state index < -0.39 is 18.1 Å². The van der Waals surface area contributed by atoms with E-state index >= 15 is 0 Å². The van der Waals surface area contributed by atoms with Gasteiger partial charge in [0, 0.05) is 18.7 Å². The lowest BCUT2D eigenvalue weighted by Crippen LogP contribution is -2.53. The van der Waals surface area contributed by atoms with Gasteiger partial charge in [0.1, 0.15) is 11.0 Å². The first-order valence-electron chi connectivity index (χ1n) is 6.68. The monoisotopic (exact) mass is 309 g/mol. The minimum Gasteiger partial charge on any atom is -0.389 e. The van der Waals surface area contributed by atoms with Gasteiger partial charge in [-0.05, 0) is 5.56 Å². The molecule has 1 amide bonds. The number of morpholine rings is 1. The number of benzene rings is 1. The lowest BCUT2D eigenvalue weighted by Gasteiger charge is -2.34. The zero-order valence-corrected chi connectivity index (χ0v) is 12.4. The Morgan fingerprint density at radius 2 is 2.10 bits per heavy atom. The van der Waals surface area contributed by atoms with Gasteiger partial charge < -0.3 is 21.3 Å². The van der Waals surface area contributed by atoms with Crippen LogP contribution in [0.3, 0.4) is 0 Å². The normalized spacial score (nSPS) is 20.9. The van der Waals surface area contributed by atoms with Gasteiger partial charge in [-0.2, -0.15) is 0 Å². The summed E-state index contributed by atoms with van der Waals surface area (Å²) in [4.78, 5) is 13.6. The minimum atomic E-state index is -0.717. The number of nitrogens with two attached hydrogens (primary N) is 2. The third-order valence-electron chi connectivity index (χ3n) is 3.56. The number of aliphatic hydroxyl groups is 1. The predicted molar refractivity (Wildman–Crippen MR) is 82.7 cm³/mol. The third-order valence-corrected chi connectivity index (χ3v) is 3.79. The summed E-state index contributed by atoms with van der Waals surface area (Å²) in [5, 5.41) is 10.3. The van der Waals surface area contributed by atoms with Gasteiger partial charge in [-0.25, -0.2) is 0 Å². The highest BCUT2D eigenvalue weighted by Gasteiger charge is 2.29. The molecule has 7 heteroatoms. The minimum absolute atomic E-state index is 0.266. The maximum atomic E-state index is 11.4. The van der Waals surface area contributed by atoms with Gasteiger partial charge >= 0.3 is 0 Å². The first kappa shape index (κ1) is 15.8. The molecule has 2 rings (SSSR count). The van der Waals surface area contributed by atoms with Gasteiger partial charge in [0.05, 0.1) is 19.3 Å². The van der Waals surface area contributed by atoms with Crippen LogP contribution in [-0.4, -0.2) is 53.2 Å². The van der Waals surface area contributed by atoms with Crippen LogP contribution in [0, 0.1) is 0 Å². The van der Waals surface area contributed by atoms with Crippen LogP contribution in [-0.2, 0) is 9.53 Å². The zero-order valence-electron chi connectivity index (χ0n) is 11.6. The summed E-state index contributed by atoms with van der Waals surface area (Å²) >= 11 is 4.89. The Hall–Kier alpha value is -1.54. The van der Waals surface area contributed by atoms with E-state index in [-0.39, 0.29) is 6.61 Å². The Kier molecular flexibility index (Phi) is 5.24. The topological polar surface area (TPSA) is 102 Å². The number of carbonyl (C=O) groups is 1. The molecular formula is C14H19N3O3S. The fourth-order valence-corrected chi connectivity index (χ4v) is 2.45. The van der Waals surface area contributed by atoms with Crippen LogP contribution in [0.4, 0.5) is 0 Å². The molecule has 1 aromatic carbocycles. The van der Waals surface area contributed by atoms with Crippen molar-refractivity contribution in [2.45, 2.75) is 12.1 Å². The van der Waals surface area contributed by atoms with Crippen LogP contribution in [0.15, 0.2) is 24.3 Å². The number of hydrogen-bond donors (Lipinski definition) is 3. The molecule has 1 aliphatic rings. The highest BCUT2D eigenvalue weighted by molar-refractivity contribution is 7.80. The summed E-state index contributed by atoms with van der Waals surface area (Å²) < 4.78 is 5.25. The molecule has 0 spiro atoms. The fourth-order valence-electron chi connectivity index (χ4n) is 2.32. The largest absolute Gasteiger partial charge is 0.389 e. The first-order chi connectivity index (χ1) is 9.99. The van der Waals surface area contributed by atoms with Crippen molar-refractivity contribution in [2.24, 2.45) is 11.5 Å². The Morgan fingerprint density at radius 1 is 1.43 bits per heavy atom. The van der Waals surface area contributed by atoms with Crippen molar-refractivity contribution in [1.29, 1.82) is 0 Å². The van der Waals surface area contributed by atoms with E-state index in [0.717, 1.165) is 11.1 Å². The molecule has 1 heterocycles. The number of thiocarbonyl (C=S) groups is 1. The number of β-amino-alcohol motifs (C(OH)–C–C–N with tert-alkyl or cyclic N) is 1. The van der Waals surface area contributed by atoms with Gasteiger partial charge in [0.2, 0.25) is 5.91 Å². The number of hydrogen-bond acceptors (Lipinski definition) is 5. The van der Waals surface area contributed by atoms with Gasteiger partial charge in [0.25, 0.3) is 0 Å². The van der Waals surface area contributed by atoms with Crippen molar-refractivity contribution < 1.29 is 14.6 Å². The smallest absolute Gasteiger partial charge is 0.237 e. The molecule has 0 saturated carbocycles. The highest BCUT2D eigenvalue weighted by Crippen LogP contribution is 2.18. The molecule has 1 aromatic rings. The maximum Gasteiger partial charge on any atom is 0.237 e. The average Bonchev–Trinajstić information content (AvgIpc) is 2.47. The lowest BCUT2D eigenvalue weighted by molar-refractivity contribution is -0.130. The third kappa shape index (κ3) is 3.98. The van der Waals surface area contributed by atoms with E-state index in [1.807, 2.05) is 4.90 Å². The first-order valence-corrected chi connectivity index (χ1v) is 7.09. The number of nitrogens with zero attached hydrogens (tertiary/aromatic N) is 1. The van der Waals surface area contributed by atoms with E-state index in [9.17, 15) is 9.90 Å².